The van der Waals surface area contributed by atoms with Crippen molar-refractivity contribution < 1.29 is 18.7 Å². The summed E-state index contributed by atoms with van der Waals surface area (Å²) in [7, 11) is 3.19. The van der Waals surface area contributed by atoms with Gasteiger partial charge in [-0.15, -0.1) is 0 Å². The maximum atomic E-state index is 14.6. The molecule has 2 N–H and O–H groups in total. The topological polar surface area (TPSA) is 72.5 Å². The molecular weight excluding hydrogens is 337 g/mol. The number of hydrogen-bond donors (Lipinski definition) is 2. The van der Waals surface area contributed by atoms with Crippen molar-refractivity contribution in [3.63, 3.8) is 0 Å². The highest BCUT2D eigenvalue weighted by molar-refractivity contribution is 5.82. The lowest BCUT2D eigenvalue weighted by molar-refractivity contribution is -0.122. The summed E-state index contributed by atoms with van der Waals surface area (Å²) in [5, 5.41) is 5.98. The number of nitrogens with zero attached hydrogens (tertiary/aromatic N) is 1. The Morgan fingerprint density at radius 2 is 2.27 bits per heavy atom. The van der Waals surface area contributed by atoms with Gasteiger partial charge in [-0.25, -0.2) is 9.37 Å². The van der Waals surface area contributed by atoms with Gasteiger partial charge in [0.1, 0.15) is 11.5 Å². The fraction of sp³-hybridized carbons (Fsp3) is 0.579. The molecule has 0 saturated carbocycles. The first-order chi connectivity index (χ1) is 12.6. The van der Waals surface area contributed by atoms with Crippen LogP contribution >= 0.6 is 0 Å². The third kappa shape index (κ3) is 4.22. The van der Waals surface area contributed by atoms with Gasteiger partial charge in [-0.05, 0) is 50.3 Å². The molecule has 6 nitrogen and oxygen atoms in total. The summed E-state index contributed by atoms with van der Waals surface area (Å²) in [5.41, 5.74) is 1.73. The van der Waals surface area contributed by atoms with E-state index in [2.05, 4.69) is 15.6 Å². The molecule has 1 amide bonds. The van der Waals surface area contributed by atoms with Crippen LogP contribution in [0.15, 0.2) is 12.1 Å². The number of hydrogen-bond acceptors (Lipinski definition) is 5. The summed E-state index contributed by atoms with van der Waals surface area (Å²) in [5.74, 6) is -0.123. The van der Waals surface area contributed by atoms with Crippen LogP contribution in [-0.2, 0) is 16.1 Å². The zero-order valence-electron chi connectivity index (χ0n) is 15.3. The Balaban J connectivity index is 1.72. The quantitative estimate of drug-likeness (QED) is 0.811. The van der Waals surface area contributed by atoms with Crippen molar-refractivity contribution in [1.82, 2.24) is 15.6 Å². The van der Waals surface area contributed by atoms with Crippen molar-refractivity contribution in [3.05, 3.63) is 29.2 Å². The van der Waals surface area contributed by atoms with Gasteiger partial charge in [0.15, 0.2) is 0 Å². The van der Waals surface area contributed by atoms with Crippen LogP contribution in [0.1, 0.15) is 43.4 Å². The van der Waals surface area contributed by atoms with Crippen molar-refractivity contribution >= 4 is 11.5 Å². The Morgan fingerprint density at radius 3 is 2.88 bits per heavy atom. The molecule has 1 fully saturated rings. The van der Waals surface area contributed by atoms with Gasteiger partial charge in [0.2, 0.25) is 11.8 Å². The number of rotatable bonds is 6. The summed E-state index contributed by atoms with van der Waals surface area (Å²) >= 11 is 0. The Labute approximate surface area is 153 Å². The minimum atomic E-state index is -0.392. The van der Waals surface area contributed by atoms with Crippen LogP contribution in [0.5, 0.6) is 5.88 Å². The molecule has 1 aromatic rings. The molecule has 26 heavy (non-hydrogen) atoms. The van der Waals surface area contributed by atoms with Crippen LogP contribution in [0.2, 0.25) is 0 Å². The molecule has 3 rings (SSSR count). The standard InChI is InChI=1S/C19H26FN3O3/c1-25-14-7-5-12(6-8-14)17-15(20)10-13(19(23-17)26-2)11-22-18(24)16-4-3-9-21-16/h5,10,14,16,21H,3-4,6-9,11H2,1-2H3,(H,22,24)/t14?,16-/m0/s1. The van der Waals surface area contributed by atoms with E-state index in [0.29, 0.717) is 17.1 Å². The molecule has 1 unspecified atom stereocenters. The Hall–Kier alpha value is -1.99. The predicted octanol–water partition coefficient (Wildman–Crippen LogP) is 2.18. The molecule has 0 radical (unpaired) electrons. The van der Waals surface area contributed by atoms with E-state index in [1.165, 1.54) is 13.2 Å². The number of ether oxygens (including phenoxy) is 2. The molecule has 1 aliphatic carbocycles. The minimum Gasteiger partial charge on any atom is -0.481 e. The number of methoxy groups -OCH3 is 2. The van der Waals surface area contributed by atoms with E-state index in [-0.39, 0.29) is 24.6 Å². The minimum absolute atomic E-state index is 0.0744. The first kappa shape index (κ1) is 18.8. The second kappa shape index (κ2) is 8.60. The smallest absolute Gasteiger partial charge is 0.237 e. The van der Waals surface area contributed by atoms with Crippen molar-refractivity contribution in [2.75, 3.05) is 20.8 Å². The normalized spacial score (nSPS) is 22.8. The highest BCUT2D eigenvalue weighted by Gasteiger charge is 2.23. The van der Waals surface area contributed by atoms with E-state index in [4.69, 9.17) is 9.47 Å². The summed E-state index contributed by atoms with van der Waals surface area (Å²) in [4.78, 5) is 16.5. The molecular formula is C19H26FN3O3. The van der Waals surface area contributed by atoms with E-state index < -0.39 is 5.82 Å². The van der Waals surface area contributed by atoms with Crippen molar-refractivity contribution in [2.24, 2.45) is 0 Å². The number of carbonyl (C=O) groups is 1. The van der Waals surface area contributed by atoms with Gasteiger partial charge < -0.3 is 20.1 Å². The Morgan fingerprint density at radius 1 is 1.42 bits per heavy atom. The largest absolute Gasteiger partial charge is 0.481 e. The van der Waals surface area contributed by atoms with Crippen LogP contribution in [-0.4, -0.2) is 43.8 Å². The summed E-state index contributed by atoms with van der Waals surface area (Å²) in [6.45, 7) is 1.04. The molecule has 7 heteroatoms. The van der Waals surface area contributed by atoms with Crippen molar-refractivity contribution in [3.8, 4) is 5.88 Å². The first-order valence-electron chi connectivity index (χ1n) is 9.09. The molecule has 1 aromatic heterocycles. The highest BCUT2D eigenvalue weighted by Crippen LogP contribution is 2.31. The SMILES string of the molecule is COc1nc(C2=CCC(OC)CC2)c(F)cc1CNC(=O)[C@@H]1CCCN1. The number of carbonyl (C=O) groups excluding carboxylic acids is 1. The van der Waals surface area contributed by atoms with Gasteiger partial charge in [0, 0.05) is 19.2 Å². The summed E-state index contributed by atoms with van der Waals surface area (Å²) in [6.07, 6.45) is 6.29. The second-order valence-corrected chi connectivity index (χ2v) is 6.72. The fourth-order valence-corrected chi connectivity index (χ4v) is 3.49. The number of halogens is 1. The monoisotopic (exact) mass is 363 g/mol. The lowest BCUT2D eigenvalue weighted by atomic mass is 9.94. The fourth-order valence-electron chi connectivity index (χ4n) is 3.49. The van der Waals surface area contributed by atoms with Crippen molar-refractivity contribution in [1.29, 1.82) is 0 Å². The van der Waals surface area contributed by atoms with Gasteiger partial charge in [-0.2, -0.15) is 0 Å². The molecule has 0 aromatic carbocycles. The van der Waals surface area contributed by atoms with Gasteiger partial charge in [0.05, 0.1) is 19.3 Å². The van der Waals surface area contributed by atoms with Crippen LogP contribution in [0.3, 0.4) is 0 Å². The molecule has 1 aliphatic heterocycles. The highest BCUT2D eigenvalue weighted by atomic mass is 19.1. The second-order valence-electron chi connectivity index (χ2n) is 6.72. The van der Waals surface area contributed by atoms with E-state index in [1.807, 2.05) is 6.08 Å². The molecule has 142 valence electrons. The molecule has 2 aliphatic rings. The average Bonchev–Trinajstić information content (AvgIpc) is 3.21. The van der Waals surface area contributed by atoms with Crippen molar-refractivity contribution in [2.45, 2.75) is 50.8 Å². The third-order valence-corrected chi connectivity index (χ3v) is 5.04. The number of nitrogens with one attached hydrogen (secondary N) is 2. The Kier molecular flexibility index (Phi) is 6.21. The van der Waals surface area contributed by atoms with Gasteiger partial charge >= 0.3 is 0 Å². The summed E-state index contributed by atoms with van der Waals surface area (Å²) in [6, 6.07) is 1.24. The molecule has 0 bridgehead atoms. The van der Waals surface area contributed by atoms with E-state index in [9.17, 15) is 9.18 Å². The zero-order chi connectivity index (χ0) is 18.5. The van der Waals surface area contributed by atoms with Crippen LogP contribution in [0.25, 0.3) is 5.57 Å². The Bertz CT molecular complexity index is 687. The lowest BCUT2D eigenvalue weighted by Crippen LogP contribution is -2.40. The maximum absolute atomic E-state index is 14.6. The number of aromatic nitrogens is 1. The maximum Gasteiger partial charge on any atom is 0.237 e. The van der Waals surface area contributed by atoms with E-state index in [1.54, 1.807) is 7.11 Å². The van der Waals surface area contributed by atoms with Crippen LogP contribution in [0.4, 0.5) is 4.39 Å². The number of pyridine rings is 1. The lowest BCUT2D eigenvalue weighted by Gasteiger charge is -2.21. The van der Waals surface area contributed by atoms with Crippen LogP contribution < -0.4 is 15.4 Å². The zero-order valence-corrected chi connectivity index (χ0v) is 15.3. The molecule has 1 saturated heterocycles. The average molecular weight is 363 g/mol. The number of amides is 1. The third-order valence-electron chi connectivity index (χ3n) is 5.04. The first-order valence-corrected chi connectivity index (χ1v) is 9.09. The van der Waals surface area contributed by atoms with E-state index in [0.717, 1.165) is 44.2 Å². The molecule has 2 heterocycles. The van der Waals surface area contributed by atoms with Gasteiger partial charge in [-0.1, -0.05) is 6.08 Å². The predicted molar refractivity (Wildman–Crippen MR) is 96.2 cm³/mol. The molecule has 2 atom stereocenters. The van der Waals surface area contributed by atoms with Gasteiger partial charge in [0.25, 0.3) is 0 Å². The summed E-state index contributed by atoms with van der Waals surface area (Å²) < 4.78 is 25.3. The molecule has 0 spiro atoms. The van der Waals surface area contributed by atoms with Crippen LogP contribution in [0, 0.1) is 5.82 Å². The van der Waals surface area contributed by atoms with Gasteiger partial charge in [-0.3, -0.25) is 4.79 Å². The number of allylic oxidation sites excluding steroid dienone is 1. The van der Waals surface area contributed by atoms with E-state index >= 15 is 0 Å².